The summed E-state index contributed by atoms with van der Waals surface area (Å²) in [7, 11) is 1.28. The Morgan fingerprint density at radius 2 is 2.13 bits per heavy atom. The maximum atomic E-state index is 11.2. The van der Waals surface area contributed by atoms with Crippen LogP contribution in [0.2, 0.25) is 0 Å². The Balaban J connectivity index is 2.97. The molecule has 1 aromatic carbocycles. The van der Waals surface area contributed by atoms with Crippen molar-refractivity contribution in [3.8, 4) is 0 Å². The molecule has 0 fully saturated rings. The van der Waals surface area contributed by atoms with Crippen molar-refractivity contribution in [2.24, 2.45) is 0 Å². The lowest BCUT2D eigenvalue weighted by Gasteiger charge is -2.04. The average Bonchev–Trinajstić information content (AvgIpc) is 2.16. The van der Waals surface area contributed by atoms with Gasteiger partial charge in [-0.2, -0.15) is 0 Å². The molecule has 4 nitrogen and oxygen atoms in total. The zero-order valence-corrected chi connectivity index (χ0v) is 8.95. The van der Waals surface area contributed by atoms with Crippen LogP contribution >= 0.6 is 12.6 Å². The smallest absolute Gasteiger partial charge is 0.338 e. The van der Waals surface area contributed by atoms with E-state index in [2.05, 4.69) is 17.4 Å². The lowest BCUT2D eigenvalue weighted by atomic mass is 10.1. The quantitative estimate of drug-likeness (QED) is 0.604. The highest BCUT2D eigenvalue weighted by Crippen LogP contribution is 2.17. The minimum absolute atomic E-state index is 0.0883. The number of methoxy groups -OCH3 is 1. The number of carbonyl (C=O) groups excluding carboxylic acids is 1. The first kappa shape index (κ1) is 11.6. The summed E-state index contributed by atoms with van der Waals surface area (Å²) in [4.78, 5) is 22.0. The SMILES string of the molecule is COC(=O)c1ccc(CC(=O)O)cc1S. The molecule has 0 saturated carbocycles. The van der Waals surface area contributed by atoms with E-state index >= 15 is 0 Å². The second kappa shape index (κ2) is 4.84. The molecule has 0 aliphatic heterocycles. The molecule has 80 valence electrons. The van der Waals surface area contributed by atoms with Gasteiger partial charge in [0.2, 0.25) is 0 Å². The Morgan fingerprint density at radius 1 is 1.47 bits per heavy atom. The molecule has 0 bridgehead atoms. The van der Waals surface area contributed by atoms with Gasteiger partial charge in [-0.3, -0.25) is 4.79 Å². The van der Waals surface area contributed by atoms with Crippen molar-refractivity contribution >= 4 is 24.6 Å². The van der Waals surface area contributed by atoms with Crippen LogP contribution in [-0.4, -0.2) is 24.2 Å². The van der Waals surface area contributed by atoms with Gasteiger partial charge in [0.25, 0.3) is 0 Å². The molecule has 1 N–H and O–H groups in total. The van der Waals surface area contributed by atoms with Crippen LogP contribution in [0, 0.1) is 0 Å². The van der Waals surface area contributed by atoms with E-state index in [4.69, 9.17) is 5.11 Å². The summed E-state index contributed by atoms with van der Waals surface area (Å²) in [6, 6.07) is 4.62. The summed E-state index contributed by atoms with van der Waals surface area (Å²) in [5, 5.41) is 8.57. The zero-order chi connectivity index (χ0) is 11.4. The van der Waals surface area contributed by atoms with Gasteiger partial charge in [-0.25, -0.2) is 4.79 Å². The molecule has 0 saturated heterocycles. The Kier molecular flexibility index (Phi) is 3.74. The van der Waals surface area contributed by atoms with Crippen LogP contribution in [-0.2, 0) is 16.0 Å². The van der Waals surface area contributed by atoms with Crippen LogP contribution in [0.5, 0.6) is 0 Å². The van der Waals surface area contributed by atoms with E-state index < -0.39 is 11.9 Å². The van der Waals surface area contributed by atoms with Gasteiger partial charge in [0.05, 0.1) is 19.1 Å². The third kappa shape index (κ3) is 2.99. The van der Waals surface area contributed by atoms with E-state index in [1.807, 2.05) is 0 Å². The Labute approximate surface area is 92.3 Å². The van der Waals surface area contributed by atoms with Crippen molar-refractivity contribution in [1.82, 2.24) is 0 Å². The first-order chi connectivity index (χ1) is 7.04. The summed E-state index contributed by atoms with van der Waals surface area (Å²) in [5.41, 5.74) is 0.926. The minimum atomic E-state index is -0.923. The Bertz CT molecular complexity index is 400. The van der Waals surface area contributed by atoms with E-state index in [1.54, 1.807) is 12.1 Å². The Morgan fingerprint density at radius 3 is 2.60 bits per heavy atom. The molecule has 0 unspecified atom stereocenters. The average molecular weight is 226 g/mol. The first-order valence-corrected chi connectivity index (χ1v) is 4.61. The molecule has 15 heavy (non-hydrogen) atoms. The van der Waals surface area contributed by atoms with Gasteiger partial charge in [-0.1, -0.05) is 6.07 Å². The van der Waals surface area contributed by atoms with Crippen molar-refractivity contribution < 1.29 is 19.4 Å². The van der Waals surface area contributed by atoms with Crippen LogP contribution < -0.4 is 0 Å². The minimum Gasteiger partial charge on any atom is -0.481 e. The standard InChI is InChI=1S/C10H10O4S/c1-14-10(13)7-3-2-6(4-8(7)15)5-9(11)12/h2-4,15H,5H2,1H3,(H,11,12). The number of aliphatic carboxylic acids is 1. The van der Waals surface area contributed by atoms with Crippen molar-refractivity contribution in [2.45, 2.75) is 11.3 Å². The van der Waals surface area contributed by atoms with Crippen LogP contribution in [0.3, 0.4) is 0 Å². The molecule has 0 heterocycles. The van der Waals surface area contributed by atoms with E-state index in [-0.39, 0.29) is 6.42 Å². The highest BCUT2D eigenvalue weighted by atomic mass is 32.1. The van der Waals surface area contributed by atoms with Crippen molar-refractivity contribution in [1.29, 1.82) is 0 Å². The topological polar surface area (TPSA) is 63.6 Å². The van der Waals surface area contributed by atoms with Crippen LogP contribution in [0.4, 0.5) is 0 Å². The summed E-state index contributed by atoms with van der Waals surface area (Å²) < 4.78 is 4.53. The zero-order valence-electron chi connectivity index (χ0n) is 8.06. The molecular formula is C10H10O4S. The fourth-order valence-corrected chi connectivity index (χ4v) is 1.48. The molecule has 5 heteroatoms. The lowest BCUT2D eigenvalue weighted by molar-refractivity contribution is -0.136. The molecule has 0 amide bonds. The van der Waals surface area contributed by atoms with Crippen LogP contribution in [0.25, 0.3) is 0 Å². The van der Waals surface area contributed by atoms with Gasteiger partial charge >= 0.3 is 11.9 Å². The Hall–Kier alpha value is -1.49. The molecular weight excluding hydrogens is 216 g/mol. The van der Waals surface area contributed by atoms with Crippen molar-refractivity contribution in [3.63, 3.8) is 0 Å². The molecule has 0 radical (unpaired) electrons. The van der Waals surface area contributed by atoms with Gasteiger partial charge in [0.1, 0.15) is 0 Å². The van der Waals surface area contributed by atoms with E-state index in [1.165, 1.54) is 13.2 Å². The van der Waals surface area contributed by atoms with Gasteiger partial charge in [-0.15, -0.1) is 12.6 Å². The lowest BCUT2D eigenvalue weighted by Crippen LogP contribution is -2.04. The highest BCUT2D eigenvalue weighted by molar-refractivity contribution is 7.80. The van der Waals surface area contributed by atoms with Gasteiger partial charge in [0.15, 0.2) is 0 Å². The molecule has 0 aromatic heterocycles. The van der Waals surface area contributed by atoms with Gasteiger partial charge in [0, 0.05) is 4.90 Å². The maximum absolute atomic E-state index is 11.2. The number of benzene rings is 1. The predicted octanol–water partition coefficient (Wildman–Crippen LogP) is 1.39. The maximum Gasteiger partial charge on any atom is 0.338 e. The number of thiol groups is 1. The molecule has 1 rings (SSSR count). The van der Waals surface area contributed by atoms with E-state index in [0.717, 1.165) is 0 Å². The number of carboxylic acid groups (broad SMARTS) is 1. The van der Waals surface area contributed by atoms with Gasteiger partial charge < -0.3 is 9.84 Å². The summed E-state index contributed by atoms with van der Waals surface area (Å²) in [6.07, 6.45) is -0.0883. The summed E-state index contributed by atoms with van der Waals surface area (Å²) in [6.45, 7) is 0. The number of ether oxygens (including phenoxy) is 1. The van der Waals surface area contributed by atoms with Crippen molar-refractivity contribution in [3.05, 3.63) is 29.3 Å². The first-order valence-electron chi connectivity index (χ1n) is 4.16. The number of carboxylic acids is 1. The third-order valence-electron chi connectivity index (χ3n) is 1.82. The highest BCUT2D eigenvalue weighted by Gasteiger charge is 2.10. The monoisotopic (exact) mass is 226 g/mol. The fourth-order valence-electron chi connectivity index (χ4n) is 1.14. The molecule has 0 aliphatic carbocycles. The van der Waals surface area contributed by atoms with E-state index in [9.17, 15) is 9.59 Å². The molecule has 0 aliphatic rings. The van der Waals surface area contributed by atoms with Crippen LogP contribution in [0.1, 0.15) is 15.9 Å². The number of esters is 1. The summed E-state index contributed by atoms with van der Waals surface area (Å²) in [5.74, 6) is -1.41. The third-order valence-corrected chi connectivity index (χ3v) is 2.19. The number of hydrogen-bond donors (Lipinski definition) is 2. The largest absolute Gasteiger partial charge is 0.481 e. The number of rotatable bonds is 3. The number of hydrogen-bond acceptors (Lipinski definition) is 4. The van der Waals surface area contributed by atoms with Crippen LogP contribution in [0.15, 0.2) is 23.1 Å². The second-order valence-electron chi connectivity index (χ2n) is 2.91. The van der Waals surface area contributed by atoms with E-state index in [0.29, 0.717) is 16.0 Å². The van der Waals surface area contributed by atoms with Gasteiger partial charge in [-0.05, 0) is 17.7 Å². The molecule has 0 spiro atoms. The summed E-state index contributed by atoms with van der Waals surface area (Å²) >= 11 is 4.09. The fraction of sp³-hybridized carbons (Fsp3) is 0.200. The normalized spacial score (nSPS) is 9.73. The second-order valence-corrected chi connectivity index (χ2v) is 3.40. The predicted molar refractivity (Wildman–Crippen MR) is 56.4 cm³/mol. The number of carbonyl (C=O) groups is 2. The molecule has 1 aromatic rings. The van der Waals surface area contributed by atoms with Crippen molar-refractivity contribution in [2.75, 3.05) is 7.11 Å². The molecule has 0 atom stereocenters.